The Morgan fingerprint density at radius 3 is 2.36 bits per heavy atom. The van der Waals surface area contributed by atoms with Gasteiger partial charge in [0.15, 0.2) is 5.82 Å². The van der Waals surface area contributed by atoms with Gasteiger partial charge in [-0.15, -0.1) is 10.2 Å². The third kappa shape index (κ3) is 5.32. The Kier molecular flexibility index (Phi) is 6.27. The zero-order chi connectivity index (χ0) is 27.3. The van der Waals surface area contributed by atoms with Crippen LogP contribution < -0.4 is 5.32 Å². The lowest BCUT2D eigenvalue weighted by atomic mass is 9.82. The molecular weight excluding hydrogens is 509 g/mol. The van der Waals surface area contributed by atoms with Gasteiger partial charge in [0, 0.05) is 23.1 Å². The number of aryl methyl sites for hydroxylation is 2. The third-order valence-corrected chi connectivity index (χ3v) is 7.66. The van der Waals surface area contributed by atoms with Gasteiger partial charge < -0.3 is 10.3 Å². The topological polar surface area (TPSA) is 117 Å². The van der Waals surface area contributed by atoms with Crippen molar-refractivity contribution in [3.05, 3.63) is 53.7 Å². The Hall–Kier alpha value is -3.96. The van der Waals surface area contributed by atoms with Gasteiger partial charge >= 0.3 is 6.18 Å². The van der Waals surface area contributed by atoms with Crippen molar-refractivity contribution >= 4 is 11.6 Å². The number of hydrogen-bond donors (Lipinski definition) is 3. The maximum Gasteiger partial charge on any atom is 0.408 e. The molecule has 2 aliphatic rings. The number of alkyl halides is 3. The van der Waals surface area contributed by atoms with Crippen LogP contribution in [0.4, 0.5) is 18.9 Å². The molecule has 0 aliphatic heterocycles. The van der Waals surface area contributed by atoms with Crippen molar-refractivity contribution in [3.63, 3.8) is 0 Å². The van der Waals surface area contributed by atoms with Crippen LogP contribution in [0.5, 0.6) is 0 Å². The van der Waals surface area contributed by atoms with Gasteiger partial charge in [0.1, 0.15) is 24.0 Å². The van der Waals surface area contributed by atoms with E-state index in [0.29, 0.717) is 23.3 Å². The van der Waals surface area contributed by atoms with Crippen LogP contribution in [-0.2, 0) is 11.3 Å². The van der Waals surface area contributed by atoms with Crippen molar-refractivity contribution in [1.29, 1.82) is 0 Å². The number of benzene rings is 1. The fraction of sp³-hybridized carbons (Fsp3) is 0.444. The first-order valence-electron chi connectivity index (χ1n) is 13.1. The number of aromatic amines is 2. The molecule has 3 N–H and O–H groups in total. The quantitative estimate of drug-likeness (QED) is 0.264. The molecule has 0 bridgehead atoms. The maximum absolute atomic E-state index is 13.8. The molecule has 9 nitrogen and oxygen atoms in total. The van der Waals surface area contributed by atoms with Gasteiger partial charge in [-0.2, -0.15) is 23.4 Å². The number of anilines is 1. The number of amides is 1. The first-order valence-corrected chi connectivity index (χ1v) is 13.1. The highest BCUT2D eigenvalue weighted by Gasteiger charge is 2.49. The summed E-state index contributed by atoms with van der Waals surface area (Å²) in [6.07, 6.45) is 1.09. The number of aromatic nitrogens is 7. The average Bonchev–Trinajstić information content (AvgIpc) is 3.78. The molecule has 12 heteroatoms. The lowest BCUT2D eigenvalue weighted by molar-refractivity contribution is -0.142. The Labute approximate surface area is 222 Å². The number of nitrogens with one attached hydrogen (secondary N) is 3. The first-order chi connectivity index (χ1) is 18.7. The van der Waals surface area contributed by atoms with E-state index >= 15 is 0 Å². The van der Waals surface area contributed by atoms with Gasteiger partial charge in [-0.3, -0.25) is 14.6 Å². The van der Waals surface area contributed by atoms with E-state index in [4.69, 9.17) is 0 Å². The lowest BCUT2D eigenvalue weighted by Crippen LogP contribution is -2.31. The summed E-state index contributed by atoms with van der Waals surface area (Å²) in [7, 11) is 0. The maximum atomic E-state index is 13.8. The molecular formula is C27H29F3N8O. The number of halogens is 3. The number of carbonyl (C=O) groups excluding carboxylic acids is 1. The van der Waals surface area contributed by atoms with E-state index in [-0.39, 0.29) is 23.3 Å². The van der Waals surface area contributed by atoms with Crippen LogP contribution in [0.2, 0.25) is 0 Å². The summed E-state index contributed by atoms with van der Waals surface area (Å²) in [4.78, 5) is 16.9. The predicted octanol–water partition coefficient (Wildman–Crippen LogP) is 5.40. The standard InChI is InChI=1S/C27H29F3N8O/c1-14-21(15(2)35-34-14)16-7-9-19(10-8-16)32-26(39)23(22(17-3-4-17)18-5-6-18)25-33-24(36-37-25)20-11-12-31-38(20)13-27(28,29)30/h7-12,17-18,22-23H,3-6,13H2,1-2H3,(H,32,39)(H,34,35)(H,33,36,37). The van der Waals surface area contributed by atoms with Gasteiger partial charge in [0.2, 0.25) is 5.91 Å². The van der Waals surface area contributed by atoms with Crippen LogP contribution in [0.25, 0.3) is 22.6 Å². The second-order valence-electron chi connectivity index (χ2n) is 10.7. The van der Waals surface area contributed by atoms with Crippen LogP contribution in [0.1, 0.15) is 48.8 Å². The number of nitrogens with zero attached hydrogens (tertiary/aromatic N) is 5. The van der Waals surface area contributed by atoms with E-state index in [2.05, 4.69) is 35.8 Å². The molecule has 1 amide bonds. The molecule has 3 aromatic heterocycles. The molecule has 0 saturated heterocycles. The Bertz CT molecular complexity index is 1450. The minimum atomic E-state index is -4.43. The van der Waals surface area contributed by atoms with Gasteiger partial charge in [0.05, 0.1) is 5.69 Å². The molecule has 204 valence electrons. The normalized spacial score (nSPS) is 16.6. The van der Waals surface area contributed by atoms with Crippen molar-refractivity contribution in [2.45, 2.75) is 58.2 Å². The second-order valence-corrected chi connectivity index (χ2v) is 10.7. The molecule has 0 radical (unpaired) electrons. The molecule has 4 aromatic rings. The lowest BCUT2D eigenvalue weighted by Gasteiger charge is -2.24. The van der Waals surface area contributed by atoms with E-state index in [1.54, 1.807) is 0 Å². The summed E-state index contributed by atoms with van der Waals surface area (Å²) in [5, 5.41) is 22.5. The molecule has 3 heterocycles. The first kappa shape index (κ1) is 25.3. The number of H-pyrrole nitrogens is 2. The van der Waals surface area contributed by atoms with E-state index in [1.165, 1.54) is 12.3 Å². The van der Waals surface area contributed by atoms with Gasteiger partial charge in [-0.05, 0) is 81.0 Å². The molecule has 2 aliphatic carbocycles. The number of carbonyl (C=O) groups is 1. The zero-order valence-electron chi connectivity index (χ0n) is 21.6. The summed E-state index contributed by atoms with van der Waals surface area (Å²) < 4.78 is 40.0. The van der Waals surface area contributed by atoms with Gasteiger partial charge in [-0.25, -0.2) is 0 Å². The molecule has 2 fully saturated rings. The average molecular weight is 539 g/mol. The SMILES string of the molecule is Cc1n[nH]c(C)c1-c1ccc(NC(=O)C(c2nnc(-c3ccnn3CC(F)(F)F)[nH]2)C(C2CC2)C2CC2)cc1. The molecule has 0 spiro atoms. The van der Waals surface area contributed by atoms with Crippen molar-refractivity contribution in [3.8, 4) is 22.6 Å². The smallest absolute Gasteiger partial charge is 0.325 e. The van der Waals surface area contributed by atoms with E-state index in [0.717, 1.165) is 52.9 Å². The number of rotatable bonds is 9. The summed E-state index contributed by atoms with van der Waals surface area (Å²) in [6, 6.07) is 9.07. The minimum Gasteiger partial charge on any atom is -0.325 e. The highest BCUT2D eigenvalue weighted by molar-refractivity contribution is 5.96. The second kappa shape index (κ2) is 9.65. The largest absolute Gasteiger partial charge is 0.408 e. The zero-order valence-corrected chi connectivity index (χ0v) is 21.6. The minimum absolute atomic E-state index is 0.0985. The fourth-order valence-electron chi connectivity index (χ4n) is 5.65. The fourth-order valence-corrected chi connectivity index (χ4v) is 5.65. The van der Waals surface area contributed by atoms with Crippen LogP contribution >= 0.6 is 0 Å². The predicted molar refractivity (Wildman–Crippen MR) is 137 cm³/mol. The Morgan fingerprint density at radius 1 is 1.08 bits per heavy atom. The van der Waals surface area contributed by atoms with Crippen LogP contribution in [0.3, 0.4) is 0 Å². The van der Waals surface area contributed by atoms with Crippen molar-refractivity contribution < 1.29 is 18.0 Å². The highest BCUT2D eigenvalue weighted by Crippen LogP contribution is 2.54. The van der Waals surface area contributed by atoms with Crippen LogP contribution in [-0.4, -0.2) is 47.2 Å². The Balaban J connectivity index is 1.27. The van der Waals surface area contributed by atoms with Crippen molar-refractivity contribution in [1.82, 2.24) is 35.2 Å². The summed E-state index contributed by atoms with van der Waals surface area (Å²) in [6.45, 7) is 2.67. The summed E-state index contributed by atoms with van der Waals surface area (Å²) in [5.74, 6) is 0.676. The molecule has 2 saturated carbocycles. The molecule has 1 atom stereocenters. The van der Waals surface area contributed by atoms with E-state index in [9.17, 15) is 18.0 Å². The van der Waals surface area contributed by atoms with Crippen molar-refractivity contribution in [2.24, 2.45) is 17.8 Å². The highest BCUT2D eigenvalue weighted by atomic mass is 19.4. The van der Waals surface area contributed by atoms with Crippen LogP contribution in [0, 0.1) is 31.6 Å². The molecule has 1 unspecified atom stereocenters. The number of hydrogen-bond acceptors (Lipinski definition) is 5. The third-order valence-electron chi connectivity index (χ3n) is 7.66. The van der Waals surface area contributed by atoms with Gasteiger partial charge in [-0.1, -0.05) is 12.1 Å². The van der Waals surface area contributed by atoms with E-state index in [1.807, 2.05) is 38.1 Å². The van der Waals surface area contributed by atoms with Crippen molar-refractivity contribution in [2.75, 3.05) is 5.32 Å². The Morgan fingerprint density at radius 2 is 1.77 bits per heavy atom. The summed E-state index contributed by atoms with van der Waals surface area (Å²) >= 11 is 0. The summed E-state index contributed by atoms with van der Waals surface area (Å²) in [5.41, 5.74) is 4.73. The molecule has 39 heavy (non-hydrogen) atoms. The monoisotopic (exact) mass is 538 g/mol. The van der Waals surface area contributed by atoms with Crippen LogP contribution in [0.15, 0.2) is 36.5 Å². The van der Waals surface area contributed by atoms with Gasteiger partial charge in [0.25, 0.3) is 0 Å². The van der Waals surface area contributed by atoms with E-state index < -0.39 is 18.6 Å². The molecule has 6 rings (SSSR count). The molecule has 1 aromatic carbocycles.